The van der Waals surface area contributed by atoms with E-state index in [1.807, 2.05) is 0 Å². The third-order valence-corrected chi connectivity index (χ3v) is 4.65. The molecule has 1 amide bonds. The van der Waals surface area contributed by atoms with Crippen LogP contribution < -0.4 is 14.8 Å². The first-order valence-electron chi connectivity index (χ1n) is 6.79. The molecule has 1 N–H and O–H groups in total. The van der Waals surface area contributed by atoms with E-state index in [9.17, 15) is 13.2 Å². The van der Waals surface area contributed by atoms with Crippen molar-refractivity contribution in [3.63, 3.8) is 0 Å². The molecule has 128 valence electrons. The average Bonchev–Trinajstić information content (AvgIpc) is 2.53. The average molecular weight is 370 g/mol. The van der Waals surface area contributed by atoms with Crippen LogP contribution >= 0.6 is 11.6 Å². The topological polar surface area (TPSA) is 81.7 Å². The van der Waals surface area contributed by atoms with E-state index in [2.05, 4.69) is 5.32 Å². The molecule has 0 aliphatic carbocycles. The third-order valence-electron chi connectivity index (χ3n) is 3.23. The van der Waals surface area contributed by atoms with Gasteiger partial charge in [0.2, 0.25) is 0 Å². The number of rotatable bonds is 5. The van der Waals surface area contributed by atoms with E-state index >= 15 is 0 Å². The van der Waals surface area contributed by atoms with Gasteiger partial charge in [0, 0.05) is 17.5 Å². The van der Waals surface area contributed by atoms with Crippen molar-refractivity contribution in [1.82, 2.24) is 0 Å². The molecule has 0 aromatic heterocycles. The molecule has 0 aliphatic heterocycles. The zero-order valence-electron chi connectivity index (χ0n) is 13.3. The Bertz CT molecular complexity index is 880. The summed E-state index contributed by atoms with van der Waals surface area (Å²) in [6.45, 7) is 0. The molecule has 0 fully saturated rings. The zero-order valence-corrected chi connectivity index (χ0v) is 14.9. The quantitative estimate of drug-likeness (QED) is 0.876. The Hall–Kier alpha value is -2.25. The second-order valence-corrected chi connectivity index (χ2v) is 7.33. The summed E-state index contributed by atoms with van der Waals surface area (Å²) in [4.78, 5) is 12.3. The van der Waals surface area contributed by atoms with Gasteiger partial charge in [0.05, 0.1) is 19.2 Å². The van der Waals surface area contributed by atoms with Crippen molar-refractivity contribution in [3.05, 3.63) is 47.0 Å². The third kappa shape index (κ3) is 3.98. The highest BCUT2D eigenvalue weighted by atomic mass is 35.5. The van der Waals surface area contributed by atoms with E-state index in [-0.39, 0.29) is 16.2 Å². The molecule has 0 atom stereocenters. The Labute approximate surface area is 145 Å². The molecule has 6 nitrogen and oxygen atoms in total. The summed E-state index contributed by atoms with van der Waals surface area (Å²) in [5.41, 5.74) is 0.644. The maximum atomic E-state index is 12.3. The standard InChI is InChI=1S/C16H16ClNO5S/c1-22-13-7-5-11(9-12(13)17)18-16(19)10-4-6-14(23-2)15(8-10)24(3,20)21/h4-9H,1-3H3,(H,18,19). The fourth-order valence-electron chi connectivity index (χ4n) is 2.06. The summed E-state index contributed by atoms with van der Waals surface area (Å²) in [6, 6.07) is 8.98. The number of carbonyl (C=O) groups excluding carboxylic acids is 1. The first-order valence-corrected chi connectivity index (χ1v) is 9.06. The molecule has 0 heterocycles. The van der Waals surface area contributed by atoms with Crippen molar-refractivity contribution in [3.8, 4) is 11.5 Å². The SMILES string of the molecule is COc1ccc(NC(=O)c2ccc(OC)c(S(C)(=O)=O)c2)cc1Cl. The number of anilines is 1. The summed E-state index contributed by atoms with van der Waals surface area (Å²) >= 11 is 6.01. The smallest absolute Gasteiger partial charge is 0.255 e. The number of benzene rings is 2. The number of methoxy groups -OCH3 is 2. The van der Waals surface area contributed by atoms with Gasteiger partial charge in [0.1, 0.15) is 16.4 Å². The van der Waals surface area contributed by atoms with Crippen molar-refractivity contribution in [2.24, 2.45) is 0 Å². The molecule has 0 bridgehead atoms. The van der Waals surface area contributed by atoms with E-state index in [0.717, 1.165) is 6.26 Å². The normalized spacial score (nSPS) is 11.0. The predicted molar refractivity (Wildman–Crippen MR) is 92.1 cm³/mol. The van der Waals surface area contributed by atoms with Gasteiger partial charge < -0.3 is 14.8 Å². The number of sulfone groups is 1. The Morgan fingerprint density at radius 3 is 2.21 bits per heavy atom. The highest BCUT2D eigenvalue weighted by molar-refractivity contribution is 7.90. The Kier molecular flexibility index (Phi) is 5.36. The second-order valence-electron chi connectivity index (χ2n) is 4.94. The Balaban J connectivity index is 2.32. The number of hydrogen-bond acceptors (Lipinski definition) is 5. The van der Waals surface area contributed by atoms with Crippen molar-refractivity contribution in [2.45, 2.75) is 4.90 Å². The van der Waals surface area contributed by atoms with Crippen LogP contribution in [0, 0.1) is 0 Å². The molecule has 24 heavy (non-hydrogen) atoms. The fourth-order valence-corrected chi connectivity index (χ4v) is 3.17. The lowest BCUT2D eigenvalue weighted by atomic mass is 10.2. The highest BCUT2D eigenvalue weighted by Gasteiger charge is 2.17. The van der Waals surface area contributed by atoms with E-state index in [0.29, 0.717) is 16.5 Å². The first kappa shape index (κ1) is 18.1. The fraction of sp³-hybridized carbons (Fsp3) is 0.188. The molecule has 2 aromatic rings. The predicted octanol–water partition coefficient (Wildman–Crippen LogP) is 3.01. The number of hydrogen-bond donors (Lipinski definition) is 1. The molecular formula is C16H16ClNO5S. The molecule has 0 radical (unpaired) electrons. The van der Waals surface area contributed by atoms with Crippen LogP contribution in [-0.2, 0) is 9.84 Å². The Morgan fingerprint density at radius 2 is 1.67 bits per heavy atom. The van der Waals surface area contributed by atoms with Gasteiger partial charge in [-0.15, -0.1) is 0 Å². The summed E-state index contributed by atoms with van der Waals surface area (Å²) in [6.07, 6.45) is 1.05. The van der Waals surface area contributed by atoms with E-state index in [4.69, 9.17) is 21.1 Å². The lowest BCUT2D eigenvalue weighted by Crippen LogP contribution is -2.13. The molecule has 0 saturated heterocycles. The molecule has 0 unspecified atom stereocenters. The van der Waals surface area contributed by atoms with Crippen LogP contribution in [0.15, 0.2) is 41.3 Å². The minimum atomic E-state index is -3.53. The van der Waals surface area contributed by atoms with Crippen LogP contribution in [0.2, 0.25) is 5.02 Å². The molecule has 2 rings (SSSR count). The van der Waals surface area contributed by atoms with Gasteiger partial charge in [-0.05, 0) is 36.4 Å². The van der Waals surface area contributed by atoms with E-state index < -0.39 is 15.7 Å². The van der Waals surface area contributed by atoms with Crippen LogP contribution in [0.5, 0.6) is 11.5 Å². The van der Waals surface area contributed by atoms with Crippen molar-refractivity contribution in [2.75, 3.05) is 25.8 Å². The minimum absolute atomic E-state index is 0.0505. The van der Waals surface area contributed by atoms with Gasteiger partial charge in [0.25, 0.3) is 5.91 Å². The first-order chi connectivity index (χ1) is 11.3. The zero-order chi connectivity index (χ0) is 17.9. The van der Waals surface area contributed by atoms with Crippen LogP contribution in [0.25, 0.3) is 0 Å². The molecule has 0 aliphatic rings. The Morgan fingerprint density at radius 1 is 1.04 bits per heavy atom. The number of carbonyl (C=O) groups is 1. The summed E-state index contributed by atoms with van der Waals surface area (Å²) in [5, 5.41) is 3.00. The molecule has 0 saturated carbocycles. The lowest BCUT2D eigenvalue weighted by molar-refractivity contribution is 0.102. The second kappa shape index (κ2) is 7.11. The van der Waals surface area contributed by atoms with Crippen molar-refractivity contribution in [1.29, 1.82) is 0 Å². The van der Waals surface area contributed by atoms with Gasteiger partial charge >= 0.3 is 0 Å². The van der Waals surface area contributed by atoms with Gasteiger partial charge in [-0.25, -0.2) is 8.42 Å². The molecule has 0 spiro atoms. The van der Waals surface area contributed by atoms with Gasteiger partial charge in [-0.3, -0.25) is 4.79 Å². The van der Waals surface area contributed by atoms with Gasteiger partial charge in [-0.1, -0.05) is 11.6 Å². The summed E-state index contributed by atoms with van der Waals surface area (Å²) < 4.78 is 33.7. The van der Waals surface area contributed by atoms with Crippen LogP contribution in [0.4, 0.5) is 5.69 Å². The molecule has 8 heteroatoms. The highest BCUT2D eigenvalue weighted by Crippen LogP contribution is 2.28. The van der Waals surface area contributed by atoms with Crippen LogP contribution in [0.3, 0.4) is 0 Å². The number of amides is 1. The van der Waals surface area contributed by atoms with Gasteiger partial charge in [0.15, 0.2) is 9.84 Å². The number of nitrogens with one attached hydrogen (secondary N) is 1. The maximum Gasteiger partial charge on any atom is 0.255 e. The molecule has 2 aromatic carbocycles. The monoisotopic (exact) mass is 369 g/mol. The van der Waals surface area contributed by atoms with Gasteiger partial charge in [-0.2, -0.15) is 0 Å². The number of ether oxygens (including phenoxy) is 2. The maximum absolute atomic E-state index is 12.3. The van der Waals surface area contributed by atoms with Crippen LogP contribution in [0.1, 0.15) is 10.4 Å². The number of halogens is 1. The lowest BCUT2D eigenvalue weighted by Gasteiger charge is -2.11. The van der Waals surface area contributed by atoms with E-state index in [1.54, 1.807) is 18.2 Å². The van der Waals surface area contributed by atoms with Crippen molar-refractivity contribution < 1.29 is 22.7 Å². The van der Waals surface area contributed by atoms with Crippen LogP contribution in [-0.4, -0.2) is 34.8 Å². The minimum Gasteiger partial charge on any atom is -0.495 e. The summed E-state index contributed by atoms with van der Waals surface area (Å²) in [7, 11) is -0.679. The van der Waals surface area contributed by atoms with E-state index in [1.165, 1.54) is 32.4 Å². The molecular weight excluding hydrogens is 354 g/mol. The summed E-state index contributed by atoms with van der Waals surface area (Å²) in [5.74, 6) is 0.198. The largest absolute Gasteiger partial charge is 0.495 e. The van der Waals surface area contributed by atoms with Crippen molar-refractivity contribution >= 4 is 33.0 Å².